The molecule has 0 aliphatic carbocycles. The smallest absolute Gasteiger partial charge is 0.491 e. The van der Waals surface area contributed by atoms with E-state index in [1.165, 1.54) is 17.0 Å². The van der Waals surface area contributed by atoms with E-state index in [1.54, 1.807) is 12.1 Å². The van der Waals surface area contributed by atoms with Gasteiger partial charge in [0.25, 0.3) is 5.89 Å². The van der Waals surface area contributed by atoms with Crippen molar-refractivity contribution >= 4 is 23.1 Å². The highest BCUT2D eigenvalue weighted by molar-refractivity contribution is 5.58. The number of hydrogen-bond donors (Lipinski definition) is 1. The summed E-state index contributed by atoms with van der Waals surface area (Å²) >= 11 is 0. The molecule has 0 bridgehead atoms. The molecule has 1 aliphatic heterocycles. The van der Waals surface area contributed by atoms with Gasteiger partial charge in [-0.25, -0.2) is 9.97 Å². The molecule has 1 fully saturated rings. The third-order valence-corrected chi connectivity index (χ3v) is 6.29. The van der Waals surface area contributed by atoms with Crippen LogP contribution in [-0.4, -0.2) is 95.4 Å². The fourth-order valence-electron chi connectivity index (χ4n) is 4.22. The molecule has 12 nitrogen and oxygen atoms in total. The second-order valence-electron chi connectivity index (χ2n) is 8.90. The van der Waals surface area contributed by atoms with E-state index in [9.17, 15) is 13.2 Å². The summed E-state index contributed by atoms with van der Waals surface area (Å²) in [5, 5.41) is 4.32. The molecule has 0 unspecified atom stereocenters. The molecule has 0 amide bonds. The maximum absolute atomic E-state index is 12.0. The number of halogens is 3. The van der Waals surface area contributed by atoms with Gasteiger partial charge < -0.3 is 24.7 Å². The maximum atomic E-state index is 12.0. The molecule has 1 saturated heterocycles. The molecule has 0 radical (unpaired) electrons. The highest BCUT2D eigenvalue weighted by atomic mass is 19.4. The van der Waals surface area contributed by atoms with Gasteiger partial charge >= 0.3 is 6.36 Å². The van der Waals surface area contributed by atoms with Gasteiger partial charge in [0.05, 0.1) is 12.8 Å². The Hall–Kier alpha value is -4.11. The van der Waals surface area contributed by atoms with E-state index in [0.717, 1.165) is 45.0 Å². The molecular weight excluding hydrogens is 519 g/mol. The molecule has 2 N–H and O–H groups in total. The molecule has 1 aliphatic rings. The highest BCUT2D eigenvalue weighted by Crippen LogP contribution is 2.22. The summed E-state index contributed by atoms with van der Waals surface area (Å²) in [6.07, 6.45) is -1.66. The number of nitrogens with zero attached hydrogens (tertiary/aromatic N) is 8. The number of anilines is 3. The number of aromatic nitrogens is 5. The van der Waals surface area contributed by atoms with E-state index in [0.29, 0.717) is 28.9 Å². The molecule has 0 atom stereocenters. The van der Waals surface area contributed by atoms with E-state index >= 15 is 0 Å². The SMILES string of the molecule is CN(CCN1CCN(c2ccc(OCCOC(F)(F)F)cc2)CC1)c1cc2nc(-c3ncco3)nn2c(N)n1. The van der Waals surface area contributed by atoms with Gasteiger partial charge in [-0.2, -0.15) is 9.50 Å². The second-order valence-corrected chi connectivity index (χ2v) is 8.90. The number of nitrogens with two attached hydrogens (primary N) is 1. The van der Waals surface area contributed by atoms with Gasteiger partial charge in [-0.15, -0.1) is 18.3 Å². The number of hydrogen-bond acceptors (Lipinski definition) is 11. The van der Waals surface area contributed by atoms with Crippen molar-refractivity contribution in [3.05, 3.63) is 42.8 Å². The van der Waals surface area contributed by atoms with E-state index in [1.807, 2.05) is 30.1 Å². The molecule has 208 valence electrons. The Kier molecular flexibility index (Phi) is 7.70. The van der Waals surface area contributed by atoms with Gasteiger partial charge in [-0.1, -0.05) is 0 Å². The van der Waals surface area contributed by atoms with E-state index in [4.69, 9.17) is 14.9 Å². The number of fused-ring (bicyclic) bond motifs is 1. The zero-order chi connectivity index (χ0) is 27.4. The Morgan fingerprint density at radius 2 is 1.85 bits per heavy atom. The molecule has 0 spiro atoms. The van der Waals surface area contributed by atoms with Gasteiger partial charge in [0.15, 0.2) is 5.65 Å². The van der Waals surface area contributed by atoms with Crippen LogP contribution in [0.15, 0.2) is 47.2 Å². The standard InChI is InChI=1S/C24H28F3N9O3/c1-33(19-16-20-30-21(22-29-6-13-38-22)32-36(20)23(28)31-19)7-8-34-9-11-35(12-10-34)17-2-4-18(5-3-17)37-14-15-39-24(25,26)27/h2-6,13,16H,7-12,14-15H2,1H3,(H2,28,31). The Morgan fingerprint density at radius 1 is 1.08 bits per heavy atom. The molecular formula is C24H28F3N9O3. The summed E-state index contributed by atoms with van der Waals surface area (Å²) in [5.41, 5.74) is 7.72. The lowest BCUT2D eigenvalue weighted by Gasteiger charge is -2.36. The molecule has 15 heteroatoms. The van der Waals surface area contributed by atoms with Crippen molar-refractivity contribution in [2.24, 2.45) is 0 Å². The number of oxazole rings is 1. The van der Waals surface area contributed by atoms with Crippen LogP contribution in [0.25, 0.3) is 17.4 Å². The lowest BCUT2D eigenvalue weighted by molar-refractivity contribution is -0.325. The zero-order valence-electron chi connectivity index (χ0n) is 21.2. The van der Waals surface area contributed by atoms with Crippen LogP contribution in [0, 0.1) is 0 Å². The Labute approximate surface area is 221 Å². The first kappa shape index (κ1) is 26.5. The quantitative estimate of drug-likeness (QED) is 0.295. The number of benzene rings is 1. The van der Waals surface area contributed by atoms with Crippen molar-refractivity contribution in [2.75, 3.05) is 75.1 Å². The molecule has 5 rings (SSSR count). The molecule has 39 heavy (non-hydrogen) atoms. The normalized spacial score (nSPS) is 14.7. The molecule has 3 aromatic heterocycles. The van der Waals surface area contributed by atoms with Crippen molar-refractivity contribution in [1.29, 1.82) is 0 Å². The first-order valence-electron chi connectivity index (χ1n) is 12.3. The number of likely N-dealkylation sites (N-methyl/N-ethyl adjacent to an activating group) is 1. The third-order valence-electron chi connectivity index (χ3n) is 6.29. The first-order valence-corrected chi connectivity index (χ1v) is 12.3. The average molecular weight is 548 g/mol. The lowest BCUT2D eigenvalue weighted by atomic mass is 10.2. The molecule has 4 aromatic rings. The van der Waals surface area contributed by atoms with Gasteiger partial charge in [0, 0.05) is 58.1 Å². The number of nitrogen functional groups attached to an aromatic ring is 1. The third kappa shape index (κ3) is 6.67. The fourth-order valence-corrected chi connectivity index (χ4v) is 4.22. The zero-order valence-corrected chi connectivity index (χ0v) is 21.2. The minimum Gasteiger partial charge on any atom is -0.491 e. The van der Waals surface area contributed by atoms with Crippen LogP contribution in [0.2, 0.25) is 0 Å². The number of rotatable bonds is 10. The van der Waals surface area contributed by atoms with Crippen LogP contribution in [0.1, 0.15) is 0 Å². The fraction of sp³-hybridized carbons (Fsp3) is 0.417. The van der Waals surface area contributed by atoms with Crippen molar-refractivity contribution in [3.63, 3.8) is 0 Å². The van der Waals surface area contributed by atoms with Crippen molar-refractivity contribution < 1.29 is 27.1 Å². The summed E-state index contributed by atoms with van der Waals surface area (Å²) in [7, 11) is 1.96. The monoisotopic (exact) mass is 547 g/mol. The van der Waals surface area contributed by atoms with Crippen LogP contribution in [0.3, 0.4) is 0 Å². The van der Waals surface area contributed by atoms with E-state index in [-0.39, 0.29) is 12.6 Å². The summed E-state index contributed by atoms with van der Waals surface area (Å²) in [6, 6.07) is 9.15. The Morgan fingerprint density at radius 3 is 2.54 bits per heavy atom. The van der Waals surface area contributed by atoms with Crippen molar-refractivity contribution in [2.45, 2.75) is 6.36 Å². The minimum absolute atomic E-state index is 0.176. The van der Waals surface area contributed by atoms with Crippen LogP contribution < -0.4 is 20.3 Å². The summed E-state index contributed by atoms with van der Waals surface area (Å²) in [6.45, 7) is 4.34. The minimum atomic E-state index is -4.65. The average Bonchev–Trinajstić information content (AvgIpc) is 3.60. The van der Waals surface area contributed by atoms with Crippen LogP contribution in [0.4, 0.5) is 30.6 Å². The molecule has 1 aromatic carbocycles. The Balaban J connectivity index is 1.08. The second kappa shape index (κ2) is 11.3. The van der Waals surface area contributed by atoms with Crippen molar-refractivity contribution in [1.82, 2.24) is 29.5 Å². The van der Waals surface area contributed by atoms with Crippen LogP contribution in [-0.2, 0) is 4.74 Å². The van der Waals surface area contributed by atoms with Gasteiger partial charge in [0.1, 0.15) is 24.4 Å². The van der Waals surface area contributed by atoms with Gasteiger partial charge in [-0.3, -0.25) is 9.64 Å². The summed E-state index contributed by atoms with van der Waals surface area (Å²) < 4.78 is 51.9. The highest BCUT2D eigenvalue weighted by Gasteiger charge is 2.28. The van der Waals surface area contributed by atoms with Crippen LogP contribution >= 0.6 is 0 Å². The van der Waals surface area contributed by atoms with Crippen molar-refractivity contribution in [3.8, 4) is 17.5 Å². The predicted octanol–water partition coefficient (Wildman–Crippen LogP) is 2.54. The lowest BCUT2D eigenvalue weighted by Crippen LogP contribution is -2.48. The largest absolute Gasteiger partial charge is 0.522 e. The number of piperazine rings is 1. The van der Waals surface area contributed by atoms with Crippen LogP contribution in [0.5, 0.6) is 5.75 Å². The predicted molar refractivity (Wildman–Crippen MR) is 137 cm³/mol. The van der Waals surface area contributed by atoms with E-state index < -0.39 is 13.0 Å². The summed E-state index contributed by atoms with van der Waals surface area (Å²) in [5.74, 6) is 2.06. The number of ether oxygens (including phenoxy) is 2. The topological polar surface area (TPSA) is 123 Å². The molecule has 4 heterocycles. The Bertz CT molecular complexity index is 1360. The summed E-state index contributed by atoms with van der Waals surface area (Å²) in [4.78, 5) is 19.7. The van der Waals surface area contributed by atoms with E-state index in [2.05, 4.69) is 34.6 Å². The molecule has 0 saturated carbocycles. The maximum Gasteiger partial charge on any atom is 0.522 e. The van der Waals surface area contributed by atoms with Gasteiger partial charge in [0.2, 0.25) is 11.8 Å². The number of alkyl halides is 3. The van der Waals surface area contributed by atoms with Gasteiger partial charge in [-0.05, 0) is 24.3 Å². The first-order chi connectivity index (χ1) is 18.7.